The number of methoxy groups -OCH3 is 2. The van der Waals surface area contributed by atoms with Gasteiger partial charge in [-0.2, -0.15) is 0 Å². The van der Waals surface area contributed by atoms with Crippen molar-refractivity contribution in [1.29, 1.82) is 0 Å². The standard InChI is InChI=1S/C14H15BrN2O5/c1-7-12(13(16)22-17-7)14(18)21-6-8-4-10(19-2)11(20-3)5-9(8)15/h4-5H,6,16H2,1-3H3. The molecule has 0 spiro atoms. The van der Waals surface area contributed by atoms with E-state index in [-0.39, 0.29) is 18.1 Å². The number of carbonyl (C=O) groups is 1. The number of ether oxygens (including phenoxy) is 3. The number of nitrogens with two attached hydrogens (primary N) is 1. The molecule has 0 amide bonds. The topological polar surface area (TPSA) is 96.8 Å². The van der Waals surface area contributed by atoms with Gasteiger partial charge in [-0.3, -0.25) is 0 Å². The van der Waals surface area contributed by atoms with E-state index in [1.54, 1.807) is 26.2 Å². The van der Waals surface area contributed by atoms with Crippen LogP contribution >= 0.6 is 15.9 Å². The second-order valence-electron chi connectivity index (χ2n) is 4.38. The van der Waals surface area contributed by atoms with Crippen LogP contribution in [0.25, 0.3) is 0 Å². The minimum Gasteiger partial charge on any atom is -0.493 e. The number of benzene rings is 1. The van der Waals surface area contributed by atoms with Gasteiger partial charge in [-0.15, -0.1) is 0 Å². The first-order chi connectivity index (χ1) is 10.5. The van der Waals surface area contributed by atoms with E-state index in [9.17, 15) is 4.79 Å². The number of nitrogen functional groups attached to an aromatic ring is 1. The lowest BCUT2D eigenvalue weighted by atomic mass is 10.2. The number of anilines is 1. The number of nitrogens with zero attached hydrogens (tertiary/aromatic N) is 1. The Morgan fingerprint density at radius 2 is 1.95 bits per heavy atom. The van der Waals surface area contributed by atoms with E-state index in [2.05, 4.69) is 21.1 Å². The fraction of sp³-hybridized carbons (Fsp3) is 0.286. The molecule has 1 aromatic carbocycles. The number of esters is 1. The van der Waals surface area contributed by atoms with Crippen LogP contribution in [0, 0.1) is 6.92 Å². The minimum absolute atomic E-state index is 0.0316. The van der Waals surface area contributed by atoms with E-state index in [1.165, 1.54) is 7.11 Å². The normalized spacial score (nSPS) is 10.4. The predicted molar refractivity (Wildman–Crippen MR) is 82.0 cm³/mol. The van der Waals surface area contributed by atoms with Crippen molar-refractivity contribution >= 4 is 27.8 Å². The van der Waals surface area contributed by atoms with E-state index >= 15 is 0 Å². The molecule has 7 nitrogen and oxygen atoms in total. The number of aromatic nitrogens is 1. The van der Waals surface area contributed by atoms with Crippen molar-refractivity contribution in [2.75, 3.05) is 20.0 Å². The lowest BCUT2D eigenvalue weighted by Gasteiger charge is -2.12. The van der Waals surface area contributed by atoms with Crippen LogP contribution in [-0.2, 0) is 11.3 Å². The van der Waals surface area contributed by atoms with Crippen molar-refractivity contribution in [2.24, 2.45) is 0 Å². The van der Waals surface area contributed by atoms with E-state index in [4.69, 9.17) is 24.5 Å². The number of halogens is 1. The van der Waals surface area contributed by atoms with Gasteiger partial charge in [0.1, 0.15) is 12.2 Å². The Hall–Kier alpha value is -2.22. The summed E-state index contributed by atoms with van der Waals surface area (Å²) in [4.78, 5) is 12.0. The van der Waals surface area contributed by atoms with Crippen LogP contribution in [0.5, 0.6) is 11.5 Å². The molecule has 8 heteroatoms. The lowest BCUT2D eigenvalue weighted by molar-refractivity contribution is 0.0471. The lowest BCUT2D eigenvalue weighted by Crippen LogP contribution is -2.08. The van der Waals surface area contributed by atoms with Crippen molar-refractivity contribution in [1.82, 2.24) is 5.16 Å². The summed E-state index contributed by atoms with van der Waals surface area (Å²) in [6.45, 7) is 1.65. The van der Waals surface area contributed by atoms with Gasteiger partial charge in [0.05, 0.1) is 19.9 Å². The molecular weight excluding hydrogens is 356 g/mol. The zero-order valence-corrected chi connectivity index (χ0v) is 13.9. The highest BCUT2D eigenvalue weighted by Gasteiger charge is 2.20. The molecule has 2 N–H and O–H groups in total. The Labute approximate surface area is 135 Å². The van der Waals surface area contributed by atoms with Gasteiger partial charge in [-0.1, -0.05) is 21.1 Å². The third-order valence-corrected chi connectivity index (χ3v) is 3.74. The summed E-state index contributed by atoms with van der Waals surface area (Å²) in [5.41, 5.74) is 6.79. The second kappa shape index (κ2) is 6.69. The second-order valence-corrected chi connectivity index (χ2v) is 5.24. The van der Waals surface area contributed by atoms with Crippen molar-refractivity contribution in [3.8, 4) is 11.5 Å². The van der Waals surface area contributed by atoms with Crippen molar-refractivity contribution in [3.63, 3.8) is 0 Å². The average molecular weight is 371 g/mol. The fourth-order valence-electron chi connectivity index (χ4n) is 1.86. The largest absolute Gasteiger partial charge is 0.493 e. The highest BCUT2D eigenvalue weighted by molar-refractivity contribution is 9.10. The molecule has 2 aromatic rings. The monoisotopic (exact) mass is 370 g/mol. The molecule has 0 unspecified atom stereocenters. The maximum atomic E-state index is 12.0. The van der Waals surface area contributed by atoms with Gasteiger partial charge in [-0.05, 0) is 19.1 Å². The first kappa shape index (κ1) is 16.2. The maximum Gasteiger partial charge on any atom is 0.346 e. The molecule has 0 saturated heterocycles. The van der Waals surface area contributed by atoms with Crippen LogP contribution < -0.4 is 15.2 Å². The Morgan fingerprint density at radius 1 is 1.32 bits per heavy atom. The molecule has 22 heavy (non-hydrogen) atoms. The highest BCUT2D eigenvalue weighted by Crippen LogP contribution is 2.33. The summed E-state index contributed by atoms with van der Waals surface area (Å²) in [6.07, 6.45) is 0. The van der Waals surface area contributed by atoms with Crippen molar-refractivity contribution < 1.29 is 23.5 Å². The van der Waals surface area contributed by atoms with Crippen LogP contribution in [0.1, 0.15) is 21.6 Å². The fourth-order valence-corrected chi connectivity index (χ4v) is 2.29. The highest BCUT2D eigenvalue weighted by atomic mass is 79.9. The van der Waals surface area contributed by atoms with Crippen LogP contribution in [0.4, 0.5) is 5.88 Å². The van der Waals surface area contributed by atoms with Crippen molar-refractivity contribution in [3.05, 3.63) is 33.4 Å². The predicted octanol–water partition coefficient (Wildman–Crippen LogP) is 2.70. The molecule has 0 bridgehead atoms. The van der Waals surface area contributed by atoms with Crippen LogP contribution in [0.2, 0.25) is 0 Å². The number of hydrogen-bond donors (Lipinski definition) is 1. The maximum absolute atomic E-state index is 12.0. The zero-order chi connectivity index (χ0) is 16.3. The van der Waals surface area contributed by atoms with Crippen LogP contribution in [0.15, 0.2) is 21.1 Å². The molecule has 0 aliphatic heterocycles. The van der Waals surface area contributed by atoms with Gasteiger partial charge in [0, 0.05) is 10.0 Å². The zero-order valence-electron chi connectivity index (χ0n) is 12.3. The molecule has 2 rings (SSSR count). The molecule has 0 radical (unpaired) electrons. The summed E-state index contributed by atoms with van der Waals surface area (Å²) in [7, 11) is 3.07. The van der Waals surface area contributed by atoms with E-state index in [0.29, 0.717) is 17.2 Å². The molecule has 0 aliphatic rings. The average Bonchev–Trinajstić information content (AvgIpc) is 2.84. The van der Waals surface area contributed by atoms with Gasteiger partial charge in [-0.25, -0.2) is 4.79 Å². The summed E-state index contributed by atoms with van der Waals surface area (Å²) in [5, 5.41) is 3.61. The molecular formula is C14H15BrN2O5. The molecule has 1 aromatic heterocycles. The first-order valence-electron chi connectivity index (χ1n) is 6.27. The summed E-state index contributed by atoms with van der Waals surface area (Å²) < 4.78 is 21.1. The number of carbonyl (C=O) groups excluding carboxylic acids is 1. The molecule has 0 atom stereocenters. The summed E-state index contributed by atoms with van der Waals surface area (Å²) in [5.74, 6) is 0.452. The molecule has 1 heterocycles. The third-order valence-electron chi connectivity index (χ3n) is 3.00. The SMILES string of the molecule is COc1cc(Br)c(COC(=O)c2c(C)noc2N)cc1OC. The van der Waals surface area contributed by atoms with Gasteiger partial charge in [0.15, 0.2) is 11.5 Å². The third kappa shape index (κ3) is 3.16. The minimum atomic E-state index is -0.599. The Morgan fingerprint density at radius 3 is 2.50 bits per heavy atom. The van der Waals surface area contributed by atoms with Crippen LogP contribution in [-0.4, -0.2) is 25.3 Å². The summed E-state index contributed by atoms with van der Waals surface area (Å²) >= 11 is 3.40. The molecule has 118 valence electrons. The van der Waals surface area contributed by atoms with E-state index in [0.717, 1.165) is 10.0 Å². The quantitative estimate of drug-likeness (QED) is 0.807. The van der Waals surface area contributed by atoms with Gasteiger partial charge < -0.3 is 24.5 Å². The first-order valence-corrected chi connectivity index (χ1v) is 7.06. The number of rotatable bonds is 5. The molecule has 0 fully saturated rings. The van der Waals surface area contributed by atoms with Crippen molar-refractivity contribution in [2.45, 2.75) is 13.5 Å². The van der Waals surface area contributed by atoms with Gasteiger partial charge in [0.25, 0.3) is 0 Å². The van der Waals surface area contributed by atoms with E-state index < -0.39 is 5.97 Å². The number of hydrogen-bond acceptors (Lipinski definition) is 7. The summed E-state index contributed by atoms with van der Waals surface area (Å²) in [6, 6.07) is 3.46. The Bertz CT molecular complexity index is 679. The Kier molecular flexibility index (Phi) is 4.92. The number of aryl methyl sites for hydroxylation is 1. The molecule has 0 aliphatic carbocycles. The van der Waals surface area contributed by atoms with Gasteiger partial charge in [0.2, 0.25) is 5.88 Å². The van der Waals surface area contributed by atoms with E-state index in [1.807, 2.05) is 0 Å². The van der Waals surface area contributed by atoms with Crippen LogP contribution in [0.3, 0.4) is 0 Å². The van der Waals surface area contributed by atoms with Gasteiger partial charge >= 0.3 is 5.97 Å². The smallest absolute Gasteiger partial charge is 0.346 e. The molecule has 0 saturated carbocycles. The Balaban J connectivity index is 2.16.